The number of hydrogen-bond donors (Lipinski definition) is 0. The van der Waals surface area contributed by atoms with E-state index >= 15 is 0 Å². The number of nitro benzene ring substituents is 1. The van der Waals surface area contributed by atoms with Crippen LogP contribution in [0.25, 0.3) is 0 Å². The largest absolute Gasteiger partial charge is 0.467 e. The molecule has 0 fully saturated rings. The van der Waals surface area contributed by atoms with E-state index < -0.39 is 29.0 Å². The molecular weight excluding hydrogens is 400 g/mol. The zero-order valence-electron chi connectivity index (χ0n) is 15.7. The Morgan fingerprint density at radius 2 is 1.97 bits per heavy atom. The number of carbonyl (C=O) groups excluding carboxylic acids is 2. The number of esters is 1. The quantitative estimate of drug-likeness (QED) is 0.245. The van der Waals surface area contributed by atoms with Gasteiger partial charge in [-0.1, -0.05) is 11.6 Å². The van der Waals surface area contributed by atoms with Gasteiger partial charge in [-0.2, -0.15) is 0 Å². The van der Waals surface area contributed by atoms with Crippen molar-refractivity contribution in [2.75, 3.05) is 6.61 Å². The molecule has 0 saturated carbocycles. The number of aryl methyl sites for hydroxylation is 1. The van der Waals surface area contributed by atoms with E-state index in [-0.39, 0.29) is 10.6 Å². The molecule has 0 aliphatic carbocycles. The van der Waals surface area contributed by atoms with E-state index in [1.807, 2.05) is 17.6 Å². The van der Waals surface area contributed by atoms with Crippen LogP contribution in [0.4, 0.5) is 5.69 Å². The van der Waals surface area contributed by atoms with E-state index in [0.29, 0.717) is 17.8 Å². The van der Waals surface area contributed by atoms with Crippen LogP contribution in [0, 0.1) is 24.0 Å². The van der Waals surface area contributed by atoms with Gasteiger partial charge in [0.05, 0.1) is 17.7 Å². The van der Waals surface area contributed by atoms with Crippen LogP contribution in [0.15, 0.2) is 47.1 Å². The fraction of sp³-hybridized carbons (Fsp3) is 0.200. The van der Waals surface area contributed by atoms with Gasteiger partial charge in [-0.3, -0.25) is 14.9 Å². The van der Waals surface area contributed by atoms with Crippen LogP contribution in [0.5, 0.6) is 0 Å². The van der Waals surface area contributed by atoms with Gasteiger partial charge in [-0.15, -0.1) is 0 Å². The third kappa shape index (κ3) is 4.38. The average molecular weight is 417 g/mol. The van der Waals surface area contributed by atoms with Crippen molar-refractivity contribution in [3.8, 4) is 0 Å². The van der Waals surface area contributed by atoms with E-state index in [4.69, 9.17) is 20.8 Å². The first-order valence-electron chi connectivity index (χ1n) is 8.61. The summed E-state index contributed by atoms with van der Waals surface area (Å²) in [5, 5.41) is 11.2. The lowest BCUT2D eigenvalue weighted by molar-refractivity contribution is -0.385. The number of ketones is 1. The summed E-state index contributed by atoms with van der Waals surface area (Å²) in [5.74, 6) is -0.663. The Bertz CT molecular complexity index is 1080. The van der Waals surface area contributed by atoms with Gasteiger partial charge < -0.3 is 13.7 Å². The molecule has 150 valence electrons. The SMILES string of the molecule is Cc1cc(C(=O)COC(=O)c2cc(Cl)ccc2[N+](=O)[O-])c(C)n1Cc1ccco1. The molecule has 2 aromatic heterocycles. The molecule has 0 unspecified atom stereocenters. The van der Waals surface area contributed by atoms with E-state index in [9.17, 15) is 19.7 Å². The lowest BCUT2D eigenvalue weighted by atomic mass is 10.1. The Morgan fingerprint density at radius 1 is 1.21 bits per heavy atom. The third-order valence-electron chi connectivity index (χ3n) is 4.48. The normalized spacial score (nSPS) is 10.7. The summed E-state index contributed by atoms with van der Waals surface area (Å²) < 4.78 is 12.3. The van der Waals surface area contributed by atoms with Crippen molar-refractivity contribution in [2.24, 2.45) is 0 Å². The van der Waals surface area contributed by atoms with E-state index in [1.54, 1.807) is 25.3 Å². The Balaban J connectivity index is 1.74. The number of carbonyl (C=O) groups is 2. The summed E-state index contributed by atoms with van der Waals surface area (Å²) in [6.45, 7) is 3.56. The standard InChI is InChI=1S/C20H17ClN2O6/c1-12-8-16(13(2)22(12)10-15-4-3-7-28-15)19(24)11-29-20(25)17-9-14(21)5-6-18(17)23(26)27/h3-9H,10-11H2,1-2H3. The lowest BCUT2D eigenvalue weighted by Crippen LogP contribution is -2.16. The molecule has 0 N–H and O–H groups in total. The van der Waals surface area contributed by atoms with Gasteiger partial charge in [0.2, 0.25) is 5.78 Å². The summed E-state index contributed by atoms with van der Waals surface area (Å²) in [7, 11) is 0. The van der Waals surface area contributed by atoms with Crippen LogP contribution in [-0.4, -0.2) is 27.8 Å². The number of hydrogen-bond acceptors (Lipinski definition) is 6. The summed E-state index contributed by atoms with van der Waals surface area (Å²) in [6.07, 6.45) is 1.57. The number of ether oxygens (including phenoxy) is 1. The van der Waals surface area contributed by atoms with Crippen molar-refractivity contribution in [1.29, 1.82) is 0 Å². The van der Waals surface area contributed by atoms with Crippen LogP contribution in [0.1, 0.15) is 37.9 Å². The molecule has 0 saturated heterocycles. The molecule has 3 aromatic rings. The first-order valence-corrected chi connectivity index (χ1v) is 8.99. The lowest BCUT2D eigenvalue weighted by Gasteiger charge is -2.08. The molecule has 0 aliphatic heterocycles. The highest BCUT2D eigenvalue weighted by Gasteiger charge is 2.24. The van der Waals surface area contributed by atoms with Crippen LogP contribution < -0.4 is 0 Å². The number of furan rings is 1. The van der Waals surface area contributed by atoms with Crippen molar-refractivity contribution < 1.29 is 23.7 Å². The third-order valence-corrected chi connectivity index (χ3v) is 4.71. The maximum Gasteiger partial charge on any atom is 0.345 e. The monoisotopic (exact) mass is 416 g/mol. The molecule has 0 amide bonds. The first-order chi connectivity index (χ1) is 13.8. The highest BCUT2D eigenvalue weighted by molar-refractivity contribution is 6.31. The Hall–Kier alpha value is -3.39. The minimum Gasteiger partial charge on any atom is -0.467 e. The van der Waals surface area contributed by atoms with Crippen molar-refractivity contribution in [1.82, 2.24) is 4.57 Å². The number of nitrogens with zero attached hydrogens (tertiary/aromatic N) is 2. The van der Waals surface area contributed by atoms with Crippen LogP contribution in [0.3, 0.4) is 0 Å². The Kier molecular flexibility index (Phi) is 5.84. The van der Waals surface area contributed by atoms with Crippen LogP contribution >= 0.6 is 11.6 Å². The number of aromatic nitrogens is 1. The van der Waals surface area contributed by atoms with Gasteiger partial charge in [-0.25, -0.2) is 4.79 Å². The highest BCUT2D eigenvalue weighted by Crippen LogP contribution is 2.24. The fourth-order valence-corrected chi connectivity index (χ4v) is 3.17. The Morgan fingerprint density at radius 3 is 2.62 bits per heavy atom. The molecule has 1 aromatic carbocycles. The van der Waals surface area contributed by atoms with Gasteiger partial charge >= 0.3 is 5.97 Å². The van der Waals surface area contributed by atoms with Gasteiger partial charge in [0, 0.05) is 28.0 Å². The van der Waals surface area contributed by atoms with Crippen LogP contribution in [0.2, 0.25) is 5.02 Å². The second-order valence-corrected chi connectivity index (χ2v) is 6.80. The average Bonchev–Trinajstić information content (AvgIpc) is 3.29. The zero-order valence-corrected chi connectivity index (χ0v) is 16.4. The van der Waals surface area contributed by atoms with Gasteiger partial charge in [0.15, 0.2) is 6.61 Å². The molecule has 0 bridgehead atoms. The van der Waals surface area contributed by atoms with Gasteiger partial charge in [0.1, 0.15) is 11.3 Å². The molecule has 0 spiro atoms. The summed E-state index contributed by atoms with van der Waals surface area (Å²) in [6, 6.07) is 8.88. The van der Waals surface area contributed by atoms with Crippen molar-refractivity contribution in [3.63, 3.8) is 0 Å². The minimum absolute atomic E-state index is 0.148. The summed E-state index contributed by atoms with van der Waals surface area (Å²) in [4.78, 5) is 35.2. The number of rotatable bonds is 7. The number of benzene rings is 1. The van der Waals surface area contributed by atoms with E-state index in [0.717, 1.165) is 23.6 Å². The second-order valence-electron chi connectivity index (χ2n) is 6.37. The second kappa shape index (κ2) is 8.32. The molecule has 0 atom stereocenters. The summed E-state index contributed by atoms with van der Waals surface area (Å²) in [5.41, 5.74) is 1.21. The molecule has 2 heterocycles. The number of halogens is 1. The molecular formula is C20H17ClN2O6. The molecule has 0 radical (unpaired) electrons. The zero-order chi connectivity index (χ0) is 21.1. The van der Waals surface area contributed by atoms with Crippen molar-refractivity contribution in [2.45, 2.75) is 20.4 Å². The smallest absolute Gasteiger partial charge is 0.345 e. The fourth-order valence-electron chi connectivity index (χ4n) is 3.00. The molecule has 0 aliphatic rings. The predicted molar refractivity (Wildman–Crippen MR) is 104 cm³/mol. The maximum absolute atomic E-state index is 12.6. The van der Waals surface area contributed by atoms with E-state index in [2.05, 4.69) is 0 Å². The highest BCUT2D eigenvalue weighted by atomic mass is 35.5. The first kappa shape index (κ1) is 20.3. The Labute approximate surface area is 170 Å². The minimum atomic E-state index is -0.989. The predicted octanol–water partition coefficient (Wildman–Crippen LogP) is 4.35. The molecule has 29 heavy (non-hydrogen) atoms. The van der Waals surface area contributed by atoms with Crippen molar-refractivity contribution >= 4 is 29.0 Å². The van der Waals surface area contributed by atoms with Gasteiger partial charge in [0.25, 0.3) is 5.69 Å². The molecule has 8 nitrogen and oxygen atoms in total. The van der Waals surface area contributed by atoms with E-state index in [1.165, 1.54) is 6.07 Å². The molecule has 3 rings (SSSR count). The van der Waals surface area contributed by atoms with Crippen LogP contribution in [-0.2, 0) is 11.3 Å². The maximum atomic E-state index is 12.6. The molecule has 9 heteroatoms. The number of nitro groups is 1. The number of Topliss-reactive ketones (excluding diaryl/α,β-unsaturated/α-hetero) is 1. The van der Waals surface area contributed by atoms with Gasteiger partial charge in [-0.05, 0) is 44.2 Å². The van der Waals surface area contributed by atoms with Crippen molar-refractivity contribution in [3.05, 3.63) is 86.1 Å². The summed E-state index contributed by atoms with van der Waals surface area (Å²) >= 11 is 5.82. The topological polar surface area (TPSA) is 105 Å².